The number of nitro groups is 1. The third-order valence-electron chi connectivity index (χ3n) is 3.34. The third-order valence-corrected chi connectivity index (χ3v) is 4.36. The number of hydrogen-bond donors (Lipinski definition) is 1. The Morgan fingerprint density at radius 2 is 1.96 bits per heavy atom. The van der Waals surface area contributed by atoms with E-state index in [1.54, 1.807) is 12.1 Å². The lowest BCUT2D eigenvalue weighted by molar-refractivity contribution is -0.384. The average molecular weight is 326 g/mol. The Balaban J connectivity index is 1.76. The van der Waals surface area contributed by atoms with Gasteiger partial charge in [-0.15, -0.1) is 5.10 Å². The molecular weight excluding hydrogens is 312 g/mol. The molecule has 0 saturated heterocycles. The normalized spacial score (nSPS) is 12.0. The van der Waals surface area contributed by atoms with Gasteiger partial charge < -0.3 is 0 Å². The van der Waals surface area contributed by atoms with Gasteiger partial charge in [-0.05, 0) is 12.5 Å². The first-order chi connectivity index (χ1) is 11.1. The van der Waals surface area contributed by atoms with Crippen LogP contribution in [0.4, 0.5) is 5.69 Å². The highest BCUT2D eigenvalue weighted by atomic mass is 32.2. The highest BCUT2D eigenvalue weighted by molar-refractivity contribution is 7.99. The van der Waals surface area contributed by atoms with Gasteiger partial charge in [-0.2, -0.15) is 0 Å². The van der Waals surface area contributed by atoms with Crippen molar-refractivity contribution in [2.45, 2.75) is 17.3 Å². The molecule has 0 bridgehead atoms. The standard InChI is InChI=1S/C16H14N4O2S/c1-11(13-8-5-9-14(10-13)20(21)22)23-16-17-15(18-19-16)12-6-3-2-4-7-12/h2-11H,1H3,(H,17,18,19)/t11-/m1/s1. The van der Waals surface area contributed by atoms with Crippen LogP contribution in [0.3, 0.4) is 0 Å². The minimum atomic E-state index is -0.388. The molecule has 0 saturated carbocycles. The molecule has 0 fully saturated rings. The van der Waals surface area contributed by atoms with E-state index >= 15 is 0 Å². The molecule has 0 radical (unpaired) electrons. The van der Waals surface area contributed by atoms with Crippen molar-refractivity contribution in [1.82, 2.24) is 15.2 Å². The van der Waals surface area contributed by atoms with E-state index in [2.05, 4.69) is 15.2 Å². The summed E-state index contributed by atoms with van der Waals surface area (Å²) in [5, 5.41) is 18.6. The lowest BCUT2D eigenvalue weighted by Crippen LogP contribution is -1.93. The minimum absolute atomic E-state index is 0.00863. The van der Waals surface area contributed by atoms with Crippen LogP contribution in [0.5, 0.6) is 0 Å². The van der Waals surface area contributed by atoms with Crippen LogP contribution in [0, 0.1) is 10.1 Å². The number of hydrogen-bond acceptors (Lipinski definition) is 5. The molecule has 0 aliphatic heterocycles. The molecule has 7 heteroatoms. The topological polar surface area (TPSA) is 84.7 Å². The first-order valence-corrected chi connectivity index (χ1v) is 7.90. The van der Waals surface area contributed by atoms with Crippen molar-refractivity contribution in [1.29, 1.82) is 0 Å². The van der Waals surface area contributed by atoms with Gasteiger partial charge in [0.15, 0.2) is 5.82 Å². The first-order valence-electron chi connectivity index (χ1n) is 7.02. The van der Waals surface area contributed by atoms with E-state index in [4.69, 9.17) is 0 Å². The van der Waals surface area contributed by atoms with E-state index in [9.17, 15) is 10.1 Å². The molecule has 116 valence electrons. The summed E-state index contributed by atoms with van der Waals surface area (Å²) in [6, 6.07) is 16.4. The Morgan fingerprint density at radius 1 is 1.17 bits per heavy atom. The van der Waals surface area contributed by atoms with Crippen LogP contribution >= 0.6 is 11.8 Å². The van der Waals surface area contributed by atoms with Gasteiger partial charge in [0.2, 0.25) is 5.16 Å². The molecule has 3 rings (SSSR count). The maximum Gasteiger partial charge on any atom is 0.269 e. The minimum Gasteiger partial charge on any atom is -0.258 e. The van der Waals surface area contributed by atoms with Crippen molar-refractivity contribution in [3.05, 3.63) is 70.3 Å². The summed E-state index contributed by atoms with van der Waals surface area (Å²) < 4.78 is 0. The second-order valence-electron chi connectivity index (χ2n) is 4.94. The quantitative estimate of drug-likeness (QED) is 0.431. The summed E-state index contributed by atoms with van der Waals surface area (Å²) in [6.07, 6.45) is 0. The maximum atomic E-state index is 10.9. The number of nitrogens with zero attached hydrogens (tertiary/aromatic N) is 3. The molecule has 0 spiro atoms. The lowest BCUT2D eigenvalue weighted by atomic mass is 10.1. The Morgan fingerprint density at radius 3 is 2.70 bits per heavy atom. The highest BCUT2D eigenvalue weighted by Crippen LogP contribution is 2.34. The van der Waals surface area contributed by atoms with Crippen molar-refractivity contribution in [2.24, 2.45) is 0 Å². The van der Waals surface area contributed by atoms with E-state index < -0.39 is 0 Å². The van der Waals surface area contributed by atoms with Crippen molar-refractivity contribution in [3.63, 3.8) is 0 Å². The molecule has 23 heavy (non-hydrogen) atoms. The van der Waals surface area contributed by atoms with Crippen molar-refractivity contribution >= 4 is 17.4 Å². The third kappa shape index (κ3) is 3.57. The summed E-state index contributed by atoms with van der Waals surface area (Å²) in [7, 11) is 0. The monoisotopic (exact) mass is 326 g/mol. The van der Waals surface area contributed by atoms with Gasteiger partial charge >= 0.3 is 0 Å². The molecule has 1 atom stereocenters. The fraction of sp³-hybridized carbons (Fsp3) is 0.125. The SMILES string of the molecule is C[C@@H](Sc1n[nH]c(-c2ccccc2)n1)c1cccc([N+](=O)[O-])c1. The van der Waals surface area contributed by atoms with Crippen molar-refractivity contribution < 1.29 is 4.92 Å². The van der Waals surface area contributed by atoms with Gasteiger partial charge in [0.1, 0.15) is 0 Å². The van der Waals surface area contributed by atoms with Gasteiger partial charge in [0.25, 0.3) is 5.69 Å². The van der Waals surface area contributed by atoms with Crippen LogP contribution in [0.15, 0.2) is 59.8 Å². The summed E-state index contributed by atoms with van der Waals surface area (Å²) in [4.78, 5) is 14.9. The molecule has 1 heterocycles. The number of nitro benzene ring substituents is 1. The largest absolute Gasteiger partial charge is 0.269 e. The molecule has 0 aliphatic carbocycles. The van der Waals surface area contributed by atoms with E-state index in [0.29, 0.717) is 11.0 Å². The van der Waals surface area contributed by atoms with Gasteiger partial charge in [0.05, 0.1) is 4.92 Å². The highest BCUT2D eigenvalue weighted by Gasteiger charge is 2.15. The lowest BCUT2D eigenvalue weighted by Gasteiger charge is -2.08. The molecule has 3 aromatic rings. The number of aromatic nitrogens is 3. The zero-order valence-electron chi connectivity index (χ0n) is 12.3. The van der Waals surface area contributed by atoms with Crippen LogP contribution in [-0.2, 0) is 0 Å². The molecule has 6 nitrogen and oxygen atoms in total. The van der Waals surface area contributed by atoms with Crippen molar-refractivity contribution in [2.75, 3.05) is 0 Å². The summed E-state index contributed by atoms with van der Waals surface area (Å²) in [5.41, 5.74) is 1.93. The van der Waals surface area contributed by atoms with Crippen LogP contribution in [0.2, 0.25) is 0 Å². The number of H-pyrrole nitrogens is 1. The van der Waals surface area contributed by atoms with Crippen LogP contribution in [0.1, 0.15) is 17.7 Å². The molecule has 0 unspecified atom stereocenters. The van der Waals surface area contributed by atoms with Crippen molar-refractivity contribution in [3.8, 4) is 11.4 Å². The number of aromatic amines is 1. The second-order valence-corrected chi connectivity index (χ2v) is 6.25. The number of non-ortho nitro benzene ring substituents is 1. The predicted octanol–water partition coefficient (Wildman–Crippen LogP) is 4.23. The van der Waals surface area contributed by atoms with E-state index in [1.165, 1.54) is 17.8 Å². The molecule has 1 N–H and O–H groups in total. The van der Waals surface area contributed by atoms with E-state index in [0.717, 1.165) is 11.1 Å². The molecule has 2 aromatic carbocycles. The van der Waals surface area contributed by atoms with Crippen LogP contribution in [0.25, 0.3) is 11.4 Å². The number of thioether (sulfide) groups is 1. The maximum absolute atomic E-state index is 10.9. The average Bonchev–Trinajstić information content (AvgIpc) is 3.04. The fourth-order valence-electron chi connectivity index (χ4n) is 2.14. The van der Waals surface area contributed by atoms with Gasteiger partial charge in [-0.1, -0.05) is 54.2 Å². The molecule has 0 amide bonds. The second kappa shape index (κ2) is 6.62. The van der Waals surface area contributed by atoms with Gasteiger partial charge in [-0.25, -0.2) is 4.98 Å². The summed E-state index contributed by atoms with van der Waals surface area (Å²) in [6.45, 7) is 1.97. The smallest absolute Gasteiger partial charge is 0.258 e. The molecule has 1 aromatic heterocycles. The number of rotatable bonds is 5. The van der Waals surface area contributed by atoms with E-state index in [-0.39, 0.29) is 15.9 Å². The van der Waals surface area contributed by atoms with Gasteiger partial charge in [-0.3, -0.25) is 15.2 Å². The zero-order chi connectivity index (χ0) is 16.2. The van der Waals surface area contributed by atoms with E-state index in [1.807, 2.05) is 43.3 Å². The Bertz CT molecular complexity index is 820. The Labute approximate surface area is 137 Å². The Hall–Kier alpha value is -2.67. The fourth-order valence-corrected chi connectivity index (χ4v) is 2.98. The Kier molecular flexibility index (Phi) is 4.38. The van der Waals surface area contributed by atoms with Crippen LogP contribution < -0.4 is 0 Å². The van der Waals surface area contributed by atoms with Gasteiger partial charge in [0, 0.05) is 22.9 Å². The molecule has 0 aliphatic rings. The predicted molar refractivity (Wildman–Crippen MR) is 89.2 cm³/mol. The zero-order valence-corrected chi connectivity index (χ0v) is 13.2. The number of nitrogens with one attached hydrogen (secondary N) is 1. The summed E-state index contributed by atoms with van der Waals surface area (Å²) in [5.74, 6) is 0.708. The first kappa shape index (κ1) is 15.2. The summed E-state index contributed by atoms with van der Waals surface area (Å²) >= 11 is 1.46. The molecular formula is C16H14N4O2S. The number of benzene rings is 2. The van der Waals surface area contributed by atoms with Crippen LogP contribution in [-0.4, -0.2) is 20.1 Å².